The van der Waals surface area contributed by atoms with E-state index in [1.54, 1.807) is 0 Å². The van der Waals surface area contributed by atoms with Crippen molar-refractivity contribution in [3.8, 4) is 6.07 Å². The van der Waals surface area contributed by atoms with Crippen LogP contribution in [-0.2, 0) is 0 Å². The maximum absolute atomic E-state index is 8.71. The van der Waals surface area contributed by atoms with Crippen molar-refractivity contribution in [3.63, 3.8) is 0 Å². The average molecular weight is 166 g/mol. The van der Waals surface area contributed by atoms with Gasteiger partial charge in [-0.3, -0.25) is 0 Å². The van der Waals surface area contributed by atoms with Gasteiger partial charge in [-0.25, -0.2) is 0 Å². The zero-order valence-electron chi connectivity index (χ0n) is 7.32. The third kappa shape index (κ3) is 1.76. The Kier molecular flexibility index (Phi) is 3.09. The molecule has 0 aromatic carbocycles. The number of nitriles is 1. The van der Waals surface area contributed by atoms with Gasteiger partial charge in [0.15, 0.2) is 0 Å². The first-order chi connectivity index (χ1) is 5.79. The fourth-order valence-electron chi connectivity index (χ4n) is 1.86. The molecule has 1 rings (SSSR count). The second kappa shape index (κ2) is 4.10. The summed E-state index contributed by atoms with van der Waals surface area (Å²) in [5.74, 6) is 0.753. The lowest BCUT2D eigenvalue weighted by atomic mass is 9.98. The number of nitrogens with zero attached hydrogens (tertiary/aromatic N) is 2. The van der Waals surface area contributed by atoms with Gasteiger partial charge in [-0.2, -0.15) is 5.26 Å². The minimum Gasteiger partial charge on any atom is -0.411 e. The summed E-state index contributed by atoms with van der Waals surface area (Å²) in [6.45, 7) is 2.07. The second-order valence-electron chi connectivity index (χ2n) is 3.40. The second-order valence-corrected chi connectivity index (χ2v) is 3.40. The van der Waals surface area contributed by atoms with Gasteiger partial charge in [0.25, 0.3) is 0 Å². The molecule has 1 aliphatic carbocycles. The lowest BCUT2D eigenvalue weighted by molar-refractivity contribution is 0.313. The first-order valence-electron chi connectivity index (χ1n) is 4.38. The predicted octanol–water partition coefficient (Wildman–Crippen LogP) is 2.17. The van der Waals surface area contributed by atoms with Crippen molar-refractivity contribution in [2.24, 2.45) is 17.0 Å². The van der Waals surface area contributed by atoms with Gasteiger partial charge in [0.1, 0.15) is 0 Å². The molecule has 12 heavy (non-hydrogen) atoms. The van der Waals surface area contributed by atoms with Gasteiger partial charge in [-0.15, -0.1) is 0 Å². The van der Waals surface area contributed by atoms with Crippen molar-refractivity contribution < 1.29 is 5.21 Å². The zero-order valence-corrected chi connectivity index (χ0v) is 7.32. The summed E-state index contributed by atoms with van der Waals surface area (Å²) in [6.07, 6.45) is 3.58. The number of rotatable bonds is 2. The summed E-state index contributed by atoms with van der Waals surface area (Å²) in [6, 6.07) is 2.12. The standard InChI is InChI=1S/C9H14N2O/c1-7-4-5-8(3-2-6-10)9(7)11-12/h7-8,12H,2-5H2,1H3/b11-9+. The van der Waals surface area contributed by atoms with Gasteiger partial charge in [-0.05, 0) is 25.2 Å². The lowest BCUT2D eigenvalue weighted by Gasteiger charge is -2.08. The molecule has 0 saturated heterocycles. The molecule has 1 N–H and O–H groups in total. The quantitative estimate of drug-likeness (QED) is 0.505. The molecule has 0 heterocycles. The van der Waals surface area contributed by atoms with Gasteiger partial charge in [0.05, 0.1) is 11.8 Å². The Morgan fingerprint density at radius 1 is 1.67 bits per heavy atom. The van der Waals surface area contributed by atoms with Crippen LogP contribution in [0, 0.1) is 23.2 Å². The van der Waals surface area contributed by atoms with Crippen molar-refractivity contribution in [2.45, 2.75) is 32.6 Å². The summed E-state index contributed by atoms with van der Waals surface area (Å²) in [7, 11) is 0. The normalized spacial score (nSPS) is 32.2. The highest BCUT2D eigenvalue weighted by molar-refractivity contribution is 5.89. The SMILES string of the molecule is CC1CCC(CCC#N)/C1=N/O. The van der Waals surface area contributed by atoms with Crippen LogP contribution in [0.2, 0.25) is 0 Å². The van der Waals surface area contributed by atoms with E-state index in [-0.39, 0.29) is 0 Å². The Bertz CT molecular complexity index is 217. The van der Waals surface area contributed by atoms with Crippen LogP contribution >= 0.6 is 0 Å². The Morgan fingerprint density at radius 3 is 3.00 bits per heavy atom. The highest BCUT2D eigenvalue weighted by Crippen LogP contribution is 2.30. The molecule has 0 radical (unpaired) electrons. The van der Waals surface area contributed by atoms with E-state index in [2.05, 4.69) is 18.1 Å². The van der Waals surface area contributed by atoms with Crippen molar-refractivity contribution in [3.05, 3.63) is 0 Å². The molecular formula is C9H14N2O. The monoisotopic (exact) mass is 166 g/mol. The van der Waals surface area contributed by atoms with Crippen molar-refractivity contribution in [1.82, 2.24) is 0 Å². The van der Waals surface area contributed by atoms with E-state index in [9.17, 15) is 0 Å². The third-order valence-corrected chi connectivity index (χ3v) is 2.59. The lowest BCUT2D eigenvalue weighted by Crippen LogP contribution is -2.12. The first kappa shape index (κ1) is 9.05. The highest BCUT2D eigenvalue weighted by Gasteiger charge is 2.28. The Labute approximate surface area is 72.7 Å². The van der Waals surface area contributed by atoms with Gasteiger partial charge >= 0.3 is 0 Å². The molecule has 0 aromatic heterocycles. The summed E-state index contributed by atoms with van der Waals surface area (Å²) in [5.41, 5.74) is 0.894. The fraction of sp³-hybridized carbons (Fsp3) is 0.778. The largest absolute Gasteiger partial charge is 0.411 e. The van der Waals surface area contributed by atoms with Crippen LogP contribution < -0.4 is 0 Å². The van der Waals surface area contributed by atoms with Crippen LogP contribution in [0.4, 0.5) is 0 Å². The van der Waals surface area contributed by atoms with Crippen LogP contribution in [0.25, 0.3) is 0 Å². The van der Waals surface area contributed by atoms with E-state index in [4.69, 9.17) is 10.5 Å². The third-order valence-electron chi connectivity index (χ3n) is 2.59. The molecule has 66 valence electrons. The van der Waals surface area contributed by atoms with E-state index in [0.29, 0.717) is 18.3 Å². The van der Waals surface area contributed by atoms with E-state index in [1.165, 1.54) is 0 Å². The molecule has 3 heteroatoms. The van der Waals surface area contributed by atoms with E-state index in [0.717, 1.165) is 25.0 Å². The van der Waals surface area contributed by atoms with E-state index < -0.39 is 0 Å². The molecule has 0 bridgehead atoms. The maximum atomic E-state index is 8.71. The zero-order chi connectivity index (χ0) is 8.97. The fourth-order valence-corrected chi connectivity index (χ4v) is 1.86. The van der Waals surface area contributed by atoms with Crippen LogP contribution in [0.5, 0.6) is 0 Å². The van der Waals surface area contributed by atoms with Crippen molar-refractivity contribution >= 4 is 5.71 Å². The van der Waals surface area contributed by atoms with Crippen molar-refractivity contribution in [1.29, 1.82) is 5.26 Å². The van der Waals surface area contributed by atoms with Crippen LogP contribution in [-0.4, -0.2) is 10.9 Å². The minimum absolute atomic E-state index is 0.352. The summed E-state index contributed by atoms with van der Waals surface area (Å²) < 4.78 is 0. The molecule has 0 aliphatic heterocycles. The minimum atomic E-state index is 0.352. The van der Waals surface area contributed by atoms with Gasteiger partial charge in [0, 0.05) is 12.3 Å². The smallest absolute Gasteiger partial charge is 0.0630 e. The molecule has 0 spiro atoms. The van der Waals surface area contributed by atoms with E-state index in [1.807, 2.05) is 0 Å². The highest BCUT2D eigenvalue weighted by atomic mass is 16.4. The van der Waals surface area contributed by atoms with Gasteiger partial charge < -0.3 is 5.21 Å². The molecular weight excluding hydrogens is 152 g/mol. The molecule has 2 unspecified atom stereocenters. The molecule has 1 fully saturated rings. The van der Waals surface area contributed by atoms with Gasteiger partial charge in [-0.1, -0.05) is 12.1 Å². The average Bonchev–Trinajstić information content (AvgIpc) is 2.43. The topological polar surface area (TPSA) is 56.4 Å². The number of hydrogen-bond acceptors (Lipinski definition) is 3. The van der Waals surface area contributed by atoms with E-state index >= 15 is 0 Å². The molecule has 1 aliphatic rings. The molecule has 0 amide bonds. The summed E-state index contributed by atoms with van der Waals surface area (Å²) in [4.78, 5) is 0. The number of oxime groups is 1. The molecule has 3 nitrogen and oxygen atoms in total. The van der Waals surface area contributed by atoms with Crippen LogP contribution in [0.3, 0.4) is 0 Å². The van der Waals surface area contributed by atoms with Crippen molar-refractivity contribution in [2.75, 3.05) is 0 Å². The molecule has 2 atom stereocenters. The predicted molar refractivity (Wildman–Crippen MR) is 46.0 cm³/mol. The van der Waals surface area contributed by atoms with Gasteiger partial charge in [0.2, 0.25) is 0 Å². The summed E-state index contributed by atoms with van der Waals surface area (Å²) >= 11 is 0. The summed E-state index contributed by atoms with van der Waals surface area (Å²) in [5, 5.41) is 20.4. The Balaban J connectivity index is 2.51. The van der Waals surface area contributed by atoms with Crippen LogP contribution in [0.1, 0.15) is 32.6 Å². The number of hydrogen-bond donors (Lipinski definition) is 1. The Hall–Kier alpha value is -1.04. The molecule has 0 aromatic rings. The Morgan fingerprint density at radius 2 is 2.42 bits per heavy atom. The maximum Gasteiger partial charge on any atom is 0.0630 e. The molecule has 1 saturated carbocycles. The first-order valence-corrected chi connectivity index (χ1v) is 4.38. The van der Waals surface area contributed by atoms with Crippen LogP contribution in [0.15, 0.2) is 5.16 Å².